The number of carbonyl (C=O) groups excluding carboxylic acids is 5. The molecule has 0 spiro atoms. The Bertz CT molecular complexity index is 99.5. The van der Waals surface area contributed by atoms with Gasteiger partial charge in [-0.1, -0.05) is 0 Å². The quantitative estimate of drug-likeness (QED) is 0.326. The SMILES string of the molecule is CO.O=C[O-].O=C[O-].O=C[O-].O=C[O-].O=C[O-].[Na+].[Si+4]. The smallest absolute Gasteiger partial charge is 0.554 e. The van der Waals surface area contributed by atoms with Gasteiger partial charge in [-0.25, -0.2) is 0 Å². The van der Waals surface area contributed by atoms with Gasteiger partial charge in [-0.15, -0.1) is 0 Å². The summed E-state index contributed by atoms with van der Waals surface area (Å²) in [5, 5.41) is 48.2. The molecule has 0 heterocycles. The van der Waals surface area contributed by atoms with Crippen LogP contribution in [0.15, 0.2) is 0 Å². The topological polar surface area (TPSA) is 221 Å². The van der Waals surface area contributed by atoms with Gasteiger partial charge in [-0.2, -0.15) is 0 Å². The van der Waals surface area contributed by atoms with E-state index in [4.69, 9.17) is 54.6 Å². The second-order valence-corrected chi connectivity index (χ2v) is 0.481. The molecule has 0 atom stereocenters. The van der Waals surface area contributed by atoms with Crippen LogP contribution in [-0.4, -0.2) is 55.5 Å². The van der Waals surface area contributed by atoms with Crippen LogP contribution in [0.25, 0.3) is 0 Å². The fourth-order valence-electron chi connectivity index (χ4n) is 0. The van der Waals surface area contributed by atoms with E-state index in [0.717, 1.165) is 7.11 Å². The van der Waals surface area contributed by atoms with E-state index in [1.54, 1.807) is 0 Å². The molecule has 0 aromatic heterocycles. The first-order valence-corrected chi connectivity index (χ1v) is 2.80. The number of carbonyl (C=O) groups is 5. The van der Waals surface area contributed by atoms with E-state index in [9.17, 15) is 0 Å². The van der Waals surface area contributed by atoms with Gasteiger partial charge in [0, 0.05) is 39.5 Å². The summed E-state index contributed by atoms with van der Waals surface area (Å²) >= 11 is 0. The van der Waals surface area contributed by atoms with Crippen molar-refractivity contribution in [1.82, 2.24) is 0 Å². The summed E-state index contributed by atoms with van der Waals surface area (Å²) in [6.07, 6.45) is 0. The van der Waals surface area contributed by atoms with E-state index in [2.05, 4.69) is 0 Å². The third kappa shape index (κ3) is 1610. The van der Waals surface area contributed by atoms with Crippen molar-refractivity contribution in [1.29, 1.82) is 0 Å². The fourth-order valence-corrected chi connectivity index (χ4v) is 0. The molecule has 0 saturated carbocycles. The van der Waals surface area contributed by atoms with Gasteiger partial charge in [0.05, 0.1) is 0 Å². The van der Waals surface area contributed by atoms with Gasteiger partial charge >= 0.3 is 40.5 Å². The van der Waals surface area contributed by atoms with Crippen molar-refractivity contribution in [2.24, 2.45) is 0 Å². The first-order valence-electron chi connectivity index (χ1n) is 2.80. The van der Waals surface area contributed by atoms with Crippen molar-refractivity contribution in [3.8, 4) is 0 Å². The molecule has 13 heteroatoms. The van der Waals surface area contributed by atoms with Gasteiger partial charge in [0.25, 0.3) is 0 Å². The number of carboxylic acid groups (broad SMARTS) is 5. The molecule has 0 bridgehead atoms. The average Bonchev–Trinajstić information content (AvgIpc) is 2.25. The van der Waals surface area contributed by atoms with Crippen molar-refractivity contribution >= 4 is 43.3 Å². The first-order chi connectivity index (χ1) is 8.07. The maximum Gasteiger partial charge on any atom is 4.00 e. The number of aliphatic hydroxyl groups is 1. The summed E-state index contributed by atoms with van der Waals surface area (Å²) in [4.78, 5) is 41.2. The minimum atomic E-state index is -0.500. The van der Waals surface area contributed by atoms with E-state index < -0.39 is 32.4 Å². The molecule has 0 aliphatic rings. The second-order valence-electron chi connectivity index (χ2n) is 0.481. The Balaban J connectivity index is -0.0000000125. The molecule has 104 valence electrons. The van der Waals surface area contributed by atoms with Crippen LogP contribution in [0.5, 0.6) is 0 Å². The van der Waals surface area contributed by atoms with E-state index in [0.29, 0.717) is 0 Å². The summed E-state index contributed by atoms with van der Waals surface area (Å²) in [6.45, 7) is -2.50. The molecule has 0 radical (unpaired) electrons. The summed E-state index contributed by atoms with van der Waals surface area (Å²) in [5.41, 5.74) is 0. The van der Waals surface area contributed by atoms with Crippen LogP contribution in [0, 0.1) is 0 Å². The molecule has 0 saturated heterocycles. The summed E-state index contributed by atoms with van der Waals surface area (Å²) < 4.78 is 0. The Kier molecular flexibility index (Phi) is 889. The summed E-state index contributed by atoms with van der Waals surface area (Å²) in [5.74, 6) is 0. The van der Waals surface area contributed by atoms with E-state index >= 15 is 0 Å². The summed E-state index contributed by atoms with van der Waals surface area (Å²) in [6, 6.07) is 0. The van der Waals surface area contributed by atoms with Crippen LogP contribution in [0.3, 0.4) is 0 Å². The Labute approximate surface area is 134 Å². The maximum absolute atomic E-state index is 8.25. The molecule has 1 N–H and O–H groups in total. The van der Waals surface area contributed by atoms with E-state index in [1.165, 1.54) is 0 Å². The van der Waals surface area contributed by atoms with Crippen molar-refractivity contribution in [3.63, 3.8) is 0 Å². The molecule has 0 aromatic rings. The average molecular weight is 308 g/mol. The maximum atomic E-state index is 8.25. The Morgan fingerprint density at radius 3 is 0.579 bits per heavy atom. The van der Waals surface area contributed by atoms with Crippen molar-refractivity contribution < 1.29 is 84.2 Å². The largest absolute Gasteiger partial charge is 4.00 e. The normalized spacial score (nSPS) is 3.47. The Hall–Kier alpha value is -1.47. The third-order valence-corrected chi connectivity index (χ3v) is 0. The molecule has 0 rings (SSSR count). The van der Waals surface area contributed by atoms with Crippen LogP contribution in [-0.2, 0) is 24.0 Å². The van der Waals surface area contributed by atoms with Gasteiger partial charge in [-0.3, -0.25) is 0 Å². The Morgan fingerprint density at radius 2 is 0.579 bits per heavy atom. The van der Waals surface area contributed by atoms with Gasteiger partial charge in [0.15, 0.2) is 0 Å². The van der Waals surface area contributed by atoms with Crippen LogP contribution in [0.2, 0.25) is 0 Å². The molecule has 19 heavy (non-hydrogen) atoms. The molecule has 0 amide bonds. The van der Waals surface area contributed by atoms with Gasteiger partial charge in [0.1, 0.15) is 0 Å². The first kappa shape index (κ1) is 52.7. The van der Waals surface area contributed by atoms with Crippen molar-refractivity contribution in [2.45, 2.75) is 0 Å². The zero-order valence-electron chi connectivity index (χ0n) is 9.92. The molecular weight excluding hydrogens is 299 g/mol. The third-order valence-electron chi connectivity index (χ3n) is 0. The minimum absolute atomic E-state index is 0. The molecule has 0 fully saturated rings. The van der Waals surface area contributed by atoms with Gasteiger partial charge < -0.3 is 54.6 Å². The van der Waals surface area contributed by atoms with Crippen LogP contribution >= 0.6 is 0 Å². The van der Waals surface area contributed by atoms with Crippen LogP contribution in [0.1, 0.15) is 0 Å². The number of aliphatic hydroxyl groups excluding tert-OH is 1. The van der Waals surface area contributed by atoms with E-state index in [1.807, 2.05) is 0 Å². The standard InChI is InChI=1S/5CH2O2.CH4O.Na.Si/c5*2-1-3;1-2;;/h5*1H,(H,2,3);2H,1H3;;/q;;;;;;+1;+4/p-5. The van der Waals surface area contributed by atoms with Crippen LogP contribution in [0.4, 0.5) is 0 Å². The van der Waals surface area contributed by atoms with Crippen molar-refractivity contribution in [2.75, 3.05) is 7.11 Å². The van der Waals surface area contributed by atoms with Gasteiger partial charge in [-0.05, 0) is 0 Å². The monoisotopic (exact) mass is 308 g/mol. The fraction of sp³-hybridized carbons (Fsp3) is 0.167. The van der Waals surface area contributed by atoms with E-state index in [-0.39, 0.29) is 40.5 Å². The number of hydrogen-bond donors (Lipinski definition) is 1. The zero-order chi connectivity index (χ0) is 15.5. The molecule has 0 aromatic carbocycles. The van der Waals surface area contributed by atoms with Gasteiger partial charge in [0.2, 0.25) is 0 Å². The Morgan fingerprint density at radius 1 is 0.579 bits per heavy atom. The number of rotatable bonds is 0. The zero-order valence-corrected chi connectivity index (χ0v) is 12.9. The predicted octanol–water partition coefficient (Wildman–Crippen LogP) is -11.9. The summed E-state index contributed by atoms with van der Waals surface area (Å²) in [7, 11) is 1.00. The molecule has 0 aliphatic carbocycles. The van der Waals surface area contributed by atoms with Crippen molar-refractivity contribution in [3.05, 3.63) is 0 Å². The van der Waals surface area contributed by atoms with Crippen LogP contribution < -0.4 is 55.1 Å². The number of hydrogen-bond acceptors (Lipinski definition) is 11. The molecule has 0 aliphatic heterocycles. The minimum Gasteiger partial charge on any atom is -0.554 e. The molecule has 11 nitrogen and oxygen atoms in total. The second kappa shape index (κ2) is 320. The predicted molar refractivity (Wildman–Crippen MR) is 44.2 cm³/mol. The molecule has 0 unspecified atom stereocenters. The molecular formula is C6H9NaO11Si.